The van der Waals surface area contributed by atoms with Gasteiger partial charge in [-0.05, 0) is 91.6 Å². The number of nitrogens with one attached hydrogen (secondary N) is 1. The number of halogens is 3. The second kappa shape index (κ2) is 8.43. The van der Waals surface area contributed by atoms with Gasteiger partial charge in [-0.1, -0.05) is 24.3 Å². The normalized spacial score (nSPS) is 27.0. The molecular formula is C25H27F3N2O2. The molecule has 1 amide bonds. The number of carbonyl (C=O) groups is 1. The van der Waals surface area contributed by atoms with Crippen LogP contribution in [0.2, 0.25) is 0 Å². The molecule has 2 aromatic rings. The van der Waals surface area contributed by atoms with Crippen LogP contribution in [0.4, 0.5) is 18.0 Å². The molecule has 3 fully saturated rings. The van der Waals surface area contributed by atoms with E-state index in [1.165, 1.54) is 12.1 Å². The minimum absolute atomic E-state index is 0.0583. The van der Waals surface area contributed by atoms with E-state index in [0.717, 1.165) is 68.9 Å². The van der Waals surface area contributed by atoms with Crippen LogP contribution in [0.3, 0.4) is 0 Å². The topological polar surface area (TPSA) is 41.6 Å². The molecule has 1 unspecified atom stereocenters. The van der Waals surface area contributed by atoms with E-state index in [4.69, 9.17) is 4.74 Å². The summed E-state index contributed by atoms with van der Waals surface area (Å²) in [7, 11) is 0. The van der Waals surface area contributed by atoms with Gasteiger partial charge >= 0.3 is 12.3 Å². The van der Waals surface area contributed by atoms with Crippen LogP contribution >= 0.6 is 0 Å². The molecule has 1 aliphatic carbocycles. The van der Waals surface area contributed by atoms with Gasteiger partial charge in [-0.2, -0.15) is 13.2 Å². The summed E-state index contributed by atoms with van der Waals surface area (Å²) in [6, 6.07) is 10.9. The van der Waals surface area contributed by atoms with Gasteiger partial charge in [0.25, 0.3) is 0 Å². The highest BCUT2D eigenvalue weighted by molar-refractivity contribution is 5.70. The number of aryl methyl sites for hydroxylation is 1. The molecule has 0 radical (unpaired) electrons. The van der Waals surface area contributed by atoms with Crippen molar-refractivity contribution in [1.29, 1.82) is 0 Å². The molecule has 3 heterocycles. The molecule has 1 N–H and O–H groups in total. The maximum atomic E-state index is 13.1. The van der Waals surface area contributed by atoms with E-state index in [1.54, 1.807) is 6.07 Å². The number of nitrogens with zero attached hydrogens (tertiary/aromatic N) is 1. The van der Waals surface area contributed by atoms with Crippen LogP contribution in [0.15, 0.2) is 42.5 Å². The van der Waals surface area contributed by atoms with Gasteiger partial charge in [0.1, 0.15) is 6.10 Å². The zero-order chi connectivity index (χ0) is 22.3. The lowest BCUT2D eigenvalue weighted by molar-refractivity contribution is -0.137. The zero-order valence-electron chi connectivity index (χ0n) is 17.8. The molecule has 6 rings (SSSR count). The maximum Gasteiger partial charge on any atom is 0.416 e. The molecule has 3 aliphatic heterocycles. The molecule has 4 nitrogen and oxygen atoms in total. The lowest BCUT2D eigenvalue weighted by atomic mass is 9.85. The van der Waals surface area contributed by atoms with Crippen LogP contribution in [0.1, 0.15) is 48.4 Å². The standard InChI is InChI=1S/C25H27F3N2O2/c26-25(27,28)20-5-1-4-18(13-20)19-8-7-16-3-2-6-22(21(16)14-19)29-24(31)32-23-15-30-11-9-17(23)10-12-30/h1,4-5,7-8,13-14,17,22-23H,2-3,6,9-12,15H2,(H,29,31)/t22?,23-/m1/s1. The smallest absolute Gasteiger partial charge is 0.416 e. The molecule has 0 saturated carbocycles. The van der Waals surface area contributed by atoms with E-state index in [1.807, 2.05) is 18.2 Å². The van der Waals surface area contributed by atoms with Crippen molar-refractivity contribution in [1.82, 2.24) is 10.2 Å². The highest BCUT2D eigenvalue weighted by Crippen LogP contribution is 2.36. The Balaban J connectivity index is 1.33. The second-order valence-corrected chi connectivity index (χ2v) is 9.16. The molecule has 0 spiro atoms. The first kappa shape index (κ1) is 21.3. The molecule has 2 aromatic carbocycles. The molecular weight excluding hydrogens is 417 g/mol. The number of piperidine rings is 3. The Bertz CT molecular complexity index is 999. The Morgan fingerprint density at radius 1 is 1.03 bits per heavy atom. The second-order valence-electron chi connectivity index (χ2n) is 9.16. The number of rotatable bonds is 3. The van der Waals surface area contributed by atoms with Crippen LogP contribution in [0.5, 0.6) is 0 Å². The fourth-order valence-electron chi connectivity index (χ4n) is 5.36. The highest BCUT2D eigenvalue weighted by Gasteiger charge is 2.37. The number of alkyl carbamates (subject to hydrolysis) is 1. The van der Waals surface area contributed by atoms with E-state index in [9.17, 15) is 18.0 Å². The number of benzene rings is 2. The van der Waals surface area contributed by atoms with E-state index in [-0.39, 0.29) is 12.1 Å². The van der Waals surface area contributed by atoms with Crippen LogP contribution < -0.4 is 5.32 Å². The first-order valence-electron chi connectivity index (χ1n) is 11.4. The molecule has 2 bridgehead atoms. The van der Waals surface area contributed by atoms with Gasteiger partial charge in [-0.3, -0.25) is 4.90 Å². The summed E-state index contributed by atoms with van der Waals surface area (Å²) in [6.45, 7) is 2.97. The summed E-state index contributed by atoms with van der Waals surface area (Å²) in [6.07, 6.45) is -0.0642. The molecule has 0 aromatic heterocycles. The summed E-state index contributed by atoms with van der Waals surface area (Å²) >= 11 is 0. The van der Waals surface area contributed by atoms with Gasteiger partial charge in [0.15, 0.2) is 0 Å². The third-order valence-electron chi connectivity index (χ3n) is 7.13. The number of fused-ring (bicyclic) bond motifs is 4. The Hall–Kier alpha value is -2.54. The Labute approximate surface area is 185 Å². The van der Waals surface area contributed by atoms with E-state index in [0.29, 0.717) is 17.0 Å². The Morgan fingerprint density at radius 2 is 1.81 bits per heavy atom. The van der Waals surface area contributed by atoms with Crippen LogP contribution in [-0.4, -0.2) is 36.7 Å². The SMILES string of the molecule is O=C(NC1CCCc2ccc(-c3cccc(C(F)(F)F)c3)cc21)O[C@@H]1CN2CCC1CC2. The average molecular weight is 444 g/mol. The summed E-state index contributed by atoms with van der Waals surface area (Å²) in [5.41, 5.74) is 2.66. The quantitative estimate of drug-likeness (QED) is 0.673. The van der Waals surface area contributed by atoms with Gasteiger partial charge in [0.05, 0.1) is 11.6 Å². The number of carbonyl (C=O) groups excluding carboxylic acids is 1. The lowest BCUT2D eigenvalue weighted by Crippen LogP contribution is -2.52. The fourth-order valence-corrected chi connectivity index (χ4v) is 5.36. The van der Waals surface area contributed by atoms with Crippen LogP contribution in [-0.2, 0) is 17.3 Å². The van der Waals surface area contributed by atoms with Crippen molar-refractivity contribution in [3.05, 3.63) is 59.2 Å². The van der Waals surface area contributed by atoms with Crippen molar-refractivity contribution < 1.29 is 22.7 Å². The Kier molecular flexibility index (Phi) is 5.61. The molecule has 3 saturated heterocycles. The zero-order valence-corrected chi connectivity index (χ0v) is 17.8. The predicted octanol–water partition coefficient (Wildman–Crippen LogP) is 5.57. The predicted molar refractivity (Wildman–Crippen MR) is 115 cm³/mol. The van der Waals surface area contributed by atoms with Crippen molar-refractivity contribution in [2.75, 3.05) is 19.6 Å². The third-order valence-corrected chi connectivity index (χ3v) is 7.13. The number of hydrogen-bond acceptors (Lipinski definition) is 3. The van der Waals surface area contributed by atoms with Crippen LogP contribution in [0.25, 0.3) is 11.1 Å². The van der Waals surface area contributed by atoms with Gasteiger partial charge in [-0.25, -0.2) is 4.79 Å². The number of ether oxygens (including phenoxy) is 1. The van der Waals surface area contributed by atoms with Gasteiger partial charge in [-0.15, -0.1) is 0 Å². The number of alkyl halides is 3. The van der Waals surface area contributed by atoms with Gasteiger partial charge < -0.3 is 10.1 Å². The summed E-state index contributed by atoms with van der Waals surface area (Å²) in [5, 5.41) is 3.04. The first-order valence-corrected chi connectivity index (χ1v) is 11.4. The van der Waals surface area contributed by atoms with Crippen molar-refractivity contribution in [3.8, 4) is 11.1 Å². The highest BCUT2D eigenvalue weighted by atomic mass is 19.4. The van der Waals surface area contributed by atoms with Gasteiger partial charge in [0.2, 0.25) is 0 Å². The summed E-state index contributed by atoms with van der Waals surface area (Å²) in [5.74, 6) is 0.442. The van der Waals surface area contributed by atoms with Crippen molar-refractivity contribution in [3.63, 3.8) is 0 Å². The van der Waals surface area contributed by atoms with E-state index < -0.39 is 17.8 Å². The molecule has 32 heavy (non-hydrogen) atoms. The average Bonchev–Trinajstić information content (AvgIpc) is 2.79. The largest absolute Gasteiger partial charge is 0.445 e. The minimum Gasteiger partial charge on any atom is -0.445 e. The van der Waals surface area contributed by atoms with Crippen molar-refractivity contribution in [2.24, 2.45) is 5.92 Å². The monoisotopic (exact) mass is 444 g/mol. The number of amides is 1. The molecule has 2 atom stereocenters. The lowest BCUT2D eigenvalue weighted by Gasteiger charge is -2.44. The molecule has 170 valence electrons. The summed E-state index contributed by atoms with van der Waals surface area (Å²) in [4.78, 5) is 15.0. The maximum absolute atomic E-state index is 13.1. The molecule has 4 aliphatic rings. The first-order chi connectivity index (χ1) is 15.4. The van der Waals surface area contributed by atoms with Crippen LogP contribution in [0, 0.1) is 5.92 Å². The van der Waals surface area contributed by atoms with Gasteiger partial charge in [0, 0.05) is 6.54 Å². The van der Waals surface area contributed by atoms with E-state index in [2.05, 4.69) is 10.2 Å². The minimum atomic E-state index is -4.38. The summed E-state index contributed by atoms with van der Waals surface area (Å²) < 4.78 is 45.2. The van der Waals surface area contributed by atoms with Crippen molar-refractivity contribution in [2.45, 2.75) is 50.4 Å². The van der Waals surface area contributed by atoms with E-state index >= 15 is 0 Å². The molecule has 7 heteroatoms. The third kappa shape index (κ3) is 4.35. The Morgan fingerprint density at radius 3 is 2.53 bits per heavy atom. The fraction of sp³-hybridized carbons (Fsp3) is 0.480. The van der Waals surface area contributed by atoms with Crippen molar-refractivity contribution >= 4 is 6.09 Å². The number of hydrogen-bond donors (Lipinski definition) is 1.